The summed E-state index contributed by atoms with van der Waals surface area (Å²) in [7, 11) is 0. The molecule has 6 nitrogen and oxygen atoms in total. The van der Waals surface area contributed by atoms with Crippen LogP contribution in [-0.2, 0) is 6.54 Å². The van der Waals surface area contributed by atoms with Gasteiger partial charge in [0.1, 0.15) is 11.4 Å². The van der Waals surface area contributed by atoms with Crippen LogP contribution in [-0.4, -0.2) is 19.7 Å². The third-order valence-electron chi connectivity index (χ3n) is 2.94. The lowest BCUT2D eigenvalue weighted by Gasteiger charge is -2.05. The molecule has 0 aliphatic heterocycles. The number of nitro groups is 1. The summed E-state index contributed by atoms with van der Waals surface area (Å²) in [5.74, 6) is 0. The normalized spacial score (nSPS) is 10.6. The molecule has 0 saturated carbocycles. The van der Waals surface area contributed by atoms with E-state index in [0.717, 1.165) is 11.3 Å². The molecule has 0 fully saturated rings. The van der Waals surface area contributed by atoms with Gasteiger partial charge in [-0.3, -0.25) is 19.8 Å². The van der Waals surface area contributed by atoms with Crippen molar-refractivity contribution >= 4 is 5.69 Å². The molecule has 0 aliphatic carbocycles. The van der Waals surface area contributed by atoms with Gasteiger partial charge in [0.2, 0.25) is 0 Å². The van der Waals surface area contributed by atoms with Gasteiger partial charge in [0.15, 0.2) is 0 Å². The molecule has 0 bridgehead atoms. The molecule has 2 aromatic rings. The first-order chi connectivity index (χ1) is 8.50. The first-order valence-electron chi connectivity index (χ1n) is 5.59. The third kappa shape index (κ3) is 2.09. The van der Waals surface area contributed by atoms with Crippen LogP contribution in [0.15, 0.2) is 18.3 Å². The van der Waals surface area contributed by atoms with Crippen molar-refractivity contribution < 1.29 is 4.92 Å². The van der Waals surface area contributed by atoms with Crippen molar-refractivity contribution in [1.82, 2.24) is 14.8 Å². The minimum absolute atomic E-state index is 0.0867. The van der Waals surface area contributed by atoms with Crippen molar-refractivity contribution in [3.63, 3.8) is 0 Å². The zero-order chi connectivity index (χ0) is 13.3. The van der Waals surface area contributed by atoms with Crippen molar-refractivity contribution in [1.29, 1.82) is 0 Å². The highest BCUT2D eigenvalue weighted by atomic mass is 16.6. The highest BCUT2D eigenvalue weighted by Crippen LogP contribution is 2.22. The van der Waals surface area contributed by atoms with Gasteiger partial charge in [-0.25, -0.2) is 0 Å². The molecule has 0 unspecified atom stereocenters. The van der Waals surface area contributed by atoms with E-state index in [4.69, 9.17) is 0 Å². The summed E-state index contributed by atoms with van der Waals surface area (Å²) >= 11 is 0. The number of hydrogen-bond acceptors (Lipinski definition) is 4. The summed E-state index contributed by atoms with van der Waals surface area (Å²) in [5, 5.41) is 15.1. The number of hydrogen-bond donors (Lipinski definition) is 0. The van der Waals surface area contributed by atoms with E-state index in [-0.39, 0.29) is 10.6 Å². The molecule has 0 N–H and O–H groups in total. The Morgan fingerprint density at radius 2 is 2.11 bits per heavy atom. The highest BCUT2D eigenvalue weighted by Gasteiger charge is 2.21. The molecule has 2 rings (SSSR count). The quantitative estimate of drug-likeness (QED) is 0.614. The van der Waals surface area contributed by atoms with E-state index in [1.54, 1.807) is 24.7 Å². The Balaban J connectivity index is 2.39. The molecule has 2 aromatic heterocycles. The molecule has 18 heavy (non-hydrogen) atoms. The van der Waals surface area contributed by atoms with Crippen LogP contribution in [0.1, 0.15) is 22.6 Å². The zero-order valence-electron chi connectivity index (χ0n) is 10.5. The standard InChI is InChI=1S/C12H14N4O2/c1-8-5-4-6-13-11(8)7-15-10(3)12(16(17)18)9(2)14-15/h4-6H,7H2,1-3H3. The fourth-order valence-corrected chi connectivity index (χ4v) is 1.93. The van der Waals surface area contributed by atoms with Crippen molar-refractivity contribution in [3.8, 4) is 0 Å². The molecule has 94 valence electrons. The average Bonchev–Trinajstić information content (AvgIpc) is 2.57. The van der Waals surface area contributed by atoms with E-state index in [1.165, 1.54) is 0 Å². The maximum atomic E-state index is 10.9. The predicted octanol–water partition coefficient (Wildman–Crippen LogP) is 2.16. The topological polar surface area (TPSA) is 73.8 Å². The Morgan fingerprint density at radius 1 is 1.39 bits per heavy atom. The fraction of sp³-hybridized carbons (Fsp3) is 0.333. The summed E-state index contributed by atoms with van der Waals surface area (Å²) in [6.45, 7) is 5.76. The number of aromatic nitrogens is 3. The van der Waals surface area contributed by atoms with Crippen molar-refractivity contribution in [2.24, 2.45) is 0 Å². The second-order valence-corrected chi connectivity index (χ2v) is 4.20. The maximum absolute atomic E-state index is 10.9. The van der Waals surface area contributed by atoms with E-state index in [9.17, 15) is 10.1 Å². The van der Waals surface area contributed by atoms with Crippen LogP contribution in [0.25, 0.3) is 0 Å². The fourth-order valence-electron chi connectivity index (χ4n) is 1.93. The Bertz CT molecular complexity index is 604. The van der Waals surface area contributed by atoms with Crippen LogP contribution in [0.2, 0.25) is 0 Å². The summed E-state index contributed by atoms with van der Waals surface area (Å²) in [4.78, 5) is 14.8. The first kappa shape index (κ1) is 12.2. The number of pyridine rings is 1. The van der Waals surface area contributed by atoms with Crippen LogP contribution in [0.3, 0.4) is 0 Å². The second kappa shape index (κ2) is 4.56. The molecule has 0 aromatic carbocycles. The van der Waals surface area contributed by atoms with Gasteiger partial charge < -0.3 is 0 Å². The second-order valence-electron chi connectivity index (χ2n) is 4.20. The van der Waals surface area contributed by atoms with Crippen LogP contribution in [0.5, 0.6) is 0 Å². The Kier molecular flexibility index (Phi) is 3.10. The van der Waals surface area contributed by atoms with Crippen molar-refractivity contribution in [3.05, 3.63) is 51.1 Å². The molecule has 0 saturated heterocycles. The van der Waals surface area contributed by atoms with Gasteiger partial charge in [0.25, 0.3) is 0 Å². The lowest BCUT2D eigenvalue weighted by molar-refractivity contribution is -0.386. The van der Waals surface area contributed by atoms with Gasteiger partial charge in [-0.05, 0) is 32.4 Å². The van der Waals surface area contributed by atoms with Crippen molar-refractivity contribution in [2.45, 2.75) is 27.3 Å². The van der Waals surface area contributed by atoms with E-state index in [2.05, 4.69) is 10.1 Å². The van der Waals surface area contributed by atoms with E-state index >= 15 is 0 Å². The Labute approximate surface area is 104 Å². The molecule has 0 radical (unpaired) electrons. The maximum Gasteiger partial charge on any atom is 0.312 e. The third-order valence-corrected chi connectivity index (χ3v) is 2.94. The molecule has 0 atom stereocenters. The SMILES string of the molecule is Cc1cccnc1Cn1nc(C)c([N+](=O)[O-])c1C. The predicted molar refractivity (Wildman–Crippen MR) is 66.4 cm³/mol. The lowest BCUT2D eigenvalue weighted by atomic mass is 10.2. The molecular formula is C12H14N4O2. The molecule has 6 heteroatoms. The Morgan fingerprint density at radius 3 is 2.67 bits per heavy atom. The van der Waals surface area contributed by atoms with Crippen LogP contribution in [0.4, 0.5) is 5.69 Å². The lowest BCUT2D eigenvalue weighted by Crippen LogP contribution is -2.07. The molecule has 2 heterocycles. The minimum atomic E-state index is -0.389. The first-order valence-corrected chi connectivity index (χ1v) is 5.59. The van der Waals surface area contributed by atoms with Gasteiger partial charge in [0, 0.05) is 6.20 Å². The van der Waals surface area contributed by atoms with Gasteiger partial charge in [0.05, 0.1) is 17.2 Å². The number of rotatable bonds is 3. The highest BCUT2D eigenvalue weighted by molar-refractivity contribution is 5.39. The van der Waals surface area contributed by atoms with Gasteiger partial charge in [-0.1, -0.05) is 6.07 Å². The molecule has 0 spiro atoms. The smallest absolute Gasteiger partial charge is 0.259 e. The summed E-state index contributed by atoms with van der Waals surface area (Å²) in [6.07, 6.45) is 1.71. The van der Waals surface area contributed by atoms with Gasteiger partial charge in [-0.15, -0.1) is 0 Å². The monoisotopic (exact) mass is 246 g/mol. The molecular weight excluding hydrogens is 232 g/mol. The van der Waals surface area contributed by atoms with Crippen LogP contribution < -0.4 is 0 Å². The number of nitrogens with zero attached hydrogens (tertiary/aromatic N) is 4. The largest absolute Gasteiger partial charge is 0.312 e. The zero-order valence-corrected chi connectivity index (χ0v) is 10.5. The summed E-state index contributed by atoms with van der Waals surface area (Å²) in [6, 6.07) is 3.82. The summed E-state index contributed by atoms with van der Waals surface area (Å²) < 4.78 is 1.63. The van der Waals surface area contributed by atoms with Gasteiger partial charge >= 0.3 is 5.69 Å². The summed E-state index contributed by atoms with van der Waals surface area (Å²) in [5.41, 5.74) is 3.00. The van der Waals surface area contributed by atoms with Gasteiger partial charge in [-0.2, -0.15) is 5.10 Å². The van der Waals surface area contributed by atoms with E-state index in [1.807, 2.05) is 19.1 Å². The van der Waals surface area contributed by atoms with Crippen LogP contribution >= 0.6 is 0 Å². The van der Waals surface area contributed by atoms with Crippen molar-refractivity contribution in [2.75, 3.05) is 0 Å². The molecule has 0 aliphatic rings. The Hall–Kier alpha value is -2.24. The minimum Gasteiger partial charge on any atom is -0.259 e. The van der Waals surface area contributed by atoms with Crippen LogP contribution in [0, 0.1) is 30.9 Å². The van der Waals surface area contributed by atoms with E-state index in [0.29, 0.717) is 17.9 Å². The van der Waals surface area contributed by atoms with E-state index < -0.39 is 0 Å². The average molecular weight is 246 g/mol. The molecule has 0 amide bonds. The number of aryl methyl sites for hydroxylation is 2.